The summed E-state index contributed by atoms with van der Waals surface area (Å²) in [5, 5.41) is 6.72. The summed E-state index contributed by atoms with van der Waals surface area (Å²) in [5.41, 5.74) is 2.53. The van der Waals surface area contributed by atoms with Crippen molar-refractivity contribution in [1.82, 2.24) is 10.6 Å². The number of nitrogens with one attached hydrogen (secondary N) is 2. The Kier molecular flexibility index (Phi) is 13.2. The molecule has 0 unspecified atom stereocenters. The smallest absolute Gasteiger partial charge is 0.191 e. The van der Waals surface area contributed by atoms with E-state index in [1.165, 1.54) is 11.3 Å². The van der Waals surface area contributed by atoms with Gasteiger partial charge in [-0.25, -0.2) is 0 Å². The minimum absolute atomic E-state index is 0. The van der Waals surface area contributed by atoms with Crippen LogP contribution in [0.5, 0.6) is 0 Å². The number of guanidine groups is 1. The van der Waals surface area contributed by atoms with Crippen LogP contribution >= 0.6 is 24.0 Å². The Morgan fingerprint density at radius 3 is 2.67 bits per heavy atom. The van der Waals surface area contributed by atoms with Gasteiger partial charge in [-0.2, -0.15) is 0 Å². The fourth-order valence-corrected chi connectivity index (χ4v) is 2.80. The average Bonchev–Trinajstić information content (AvgIpc) is 2.70. The molecular formula is C19H33IN4O3. The number of rotatable bonds is 10. The maximum Gasteiger partial charge on any atom is 0.191 e. The van der Waals surface area contributed by atoms with Gasteiger partial charge in [-0.05, 0) is 18.1 Å². The topological polar surface area (TPSA) is 67.4 Å². The standard InChI is InChI=1S/C19H32N4O3.HI/c1-20-19(21-8-5-11-25-15-14-24-2)22-16-17-6-3-4-7-18(17)23-9-12-26-13-10-23;/h3-4,6-7H,5,8-16H2,1-2H3,(H2,20,21,22);1H. The van der Waals surface area contributed by atoms with E-state index in [0.29, 0.717) is 19.8 Å². The number of benzene rings is 1. The van der Waals surface area contributed by atoms with E-state index in [2.05, 4.69) is 44.8 Å². The number of anilines is 1. The van der Waals surface area contributed by atoms with E-state index in [1.54, 1.807) is 14.2 Å². The van der Waals surface area contributed by atoms with Gasteiger partial charge < -0.3 is 29.7 Å². The maximum atomic E-state index is 5.46. The number of halogens is 1. The second-order valence-electron chi connectivity index (χ2n) is 6.04. The summed E-state index contributed by atoms with van der Waals surface area (Å²) in [5.74, 6) is 0.804. The van der Waals surface area contributed by atoms with Crippen LogP contribution in [0.2, 0.25) is 0 Å². The van der Waals surface area contributed by atoms with Gasteiger partial charge >= 0.3 is 0 Å². The number of hydrogen-bond donors (Lipinski definition) is 2. The lowest BCUT2D eigenvalue weighted by molar-refractivity contribution is 0.0698. The number of para-hydroxylation sites is 1. The Morgan fingerprint density at radius 1 is 1.15 bits per heavy atom. The van der Waals surface area contributed by atoms with E-state index in [9.17, 15) is 0 Å². The molecule has 1 aliphatic heterocycles. The van der Waals surface area contributed by atoms with Crippen LogP contribution in [0.3, 0.4) is 0 Å². The molecule has 0 amide bonds. The predicted molar refractivity (Wildman–Crippen MR) is 120 cm³/mol. The van der Waals surface area contributed by atoms with Crippen molar-refractivity contribution in [2.24, 2.45) is 4.99 Å². The van der Waals surface area contributed by atoms with Gasteiger partial charge in [-0.15, -0.1) is 24.0 Å². The van der Waals surface area contributed by atoms with Gasteiger partial charge in [-0.3, -0.25) is 4.99 Å². The molecule has 2 N–H and O–H groups in total. The summed E-state index contributed by atoms with van der Waals surface area (Å²) in [6, 6.07) is 8.50. The zero-order valence-corrected chi connectivity index (χ0v) is 18.7. The zero-order chi connectivity index (χ0) is 18.5. The number of nitrogens with zero attached hydrogens (tertiary/aromatic N) is 2. The summed E-state index contributed by atoms with van der Waals surface area (Å²) in [6.45, 7) is 7.00. The molecule has 1 heterocycles. The summed E-state index contributed by atoms with van der Waals surface area (Å²) in [7, 11) is 3.47. The minimum Gasteiger partial charge on any atom is -0.382 e. The molecule has 0 atom stereocenters. The van der Waals surface area contributed by atoms with E-state index in [0.717, 1.165) is 51.8 Å². The van der Waals surface area contributed by atoms with Crippen molar-refractivity contribution in [2.75, 3.05) is 71.7 Å². The summed E-state index contributed by atoms with van der Waals surface area (Å²) < 4.78 is 15.9. The number of morpholine rings is 1. The van der Waals surface area contributed by atoms with Gasteiger partial charge in [0.15, 0.2) is 5.96 Å². The van der Waals surface area contributed by atoms with Crippen molar-refractivity contribution in [1.29, 1.82) is 0 Å². The van der Waals surface area contributed by atoms with Crippen LogP contribution in [0.4, 0.5) is 5.69 Å². The normalized spacial score (nSPS) is 14.6. The molecule has 27 heavy (non-hydrogen) atoms. The molecular weight excluding hydrogens is 459 g/mol. The Morgan fingerprint density at radius 2 is 1.93 bits per heavy atom. The highest BCUT2D eigenvalue weighted by Gasteiger charge is 2.14. The molecule has 7 nitrogen and oxygen atoms in total. The van der Waals surface area contributed by atoms with Gasteiger partial charge in [0.1, 0.15) is 0 Å². The second kappa shape index (κ2) is 14.9. The van der Waals surface area contributed by atoms with Crippen LogP contribution in [0.1, 0.15) is 12.0 Å². The zero-order valence-electron chi connectivity index (χ0n) is 16.4. The van der Waals surface area contributed by atoms with Crippen LogP contribution in [-0.4, -0.2) is 72.8 Å². The molecule has 0 radical (unpaired) electrons. The third-order valence-corrected chi connectivity index (χ3v) is 4.20. The molecule has 1 aliphatic rings. The quantitative estimate of drug-likeness (QED) is 0.225. The van der Waals surface area contributed by atoms with Gasteiger partial charge in [0.25, 0.3) is 0 Å². The second-order valence-corrected chi connectivity index (χ2v) is 6.04. The highest BCUT2D eigenvalue weighted by atomic mass is 127. The Bertz CT molecular complexity index is 539. The third kappa shape index (κ3) is 9.09. The van der Waals surface area contributed by atoms with E-state index >= 15 is 0 Å². The van der Waals surface area contributed by atoms with Gasteiger partial charge in [0.05, 0.1) is 26.4 Å². The van der Waals surface area contributed by atoms with Crippen molar-refractivity contribution in [3.8, 4) is 0 Å². The fourth-order valence-electron chi connectivity index (χ4n) is 2.80. The lowest BCUT2D eigenvalue weighted by Crippen LogP contribution is -2.39. The van der Waals surface area contributed by atoms with Gasteiger partial charge in [0.2, 0.25) is 0 Å². The molecule has 0 spiro atoms. The largest absolute Gasteiger partial charge is 0.382 e. The number of hydrogen-bond acceptors (Lipinski definition) is 5. The number of methoxy groups -OCH3 is 1. The Labute approximate surface area is 179 Å². The molecule has 2 rings (SSSR count). The average molecular weight is 492 g/mol. The molecule has 1 saturated heterocycles. The fraction of sp³-hybridized carbons (Fsp3) is 0.632. The number of ether oxygens (including phenoxy) is 3. The predicted octanol–water partition coefficient (Wildman–Crippen LogP) is 1.86. The first-order valence-electron chi connectivity index (χ1n) is 9.27. The highest BCUT2D eigenvalue weighted by molar-refractivity contribution is 14.0. The van der Waals surface area contributed by atoms with Crippen LogP contribution < -0.4 is 15.5 Å². The molecule has 0 aliphatic carbocycles. The van der Waals surface area contributed by atoms with Crippen molar-refractivity contribution in [3.63, 3.8) is 0 Å². The SMILES string of the molecule is CN=C(NCCCOCCOC)NCc1ccccc1N1CCOCC1.I. The molecule has 1 fully saturated rings. The third-order valence-electron chi connectivity index (χ3n) is 4.20. The van der Waals surface area contributed by atoms with E-state index in [-0.39, 0.29) is 24.0 Å². The minimum atomic E-state index is 0. The Hall–Kier alpha value is -1.10. The summed E-state index contributed by atoms with van der Waals surface area (Å²) >= 11 is 0. The van der Waals surface area contributed by atoms with Crippen molar-refractivity contribution < 1.29 is 14.2 Å². The monoisotopic (exact) mass is 492 g/mol. The summed E-state index contributed by atoms with van der Waals surface area (Å²) in [6.07, 6.45) is 0.925. The molecule has 8 heteroatoms. The lowest BCUT2D eigenvalue weighted by Gasteiger charge is -2.30. The van der Waals surface area contributed by atoms with Crippen LogP contribution in [0, 0.1) is 0 Å². The first-order chi connectivity index (χ1) is 12.8. The van der Waals surface area contributed by atoms with Crippen molar-refractivity contribution in [3.05, 3.63) is 29.8 Å². The maximum absolute atomic E-state index is 5.46. The van der Waals surface area contributed by atoms with Gasteiger partial charge in [0, 0.05) is 52.6 Å². The Balaban J connectivity index is 0.00000364. The highest BCUT2D eigenvalue weighted by Crippen LogP contribution is 2.21. The number of aliphatic imine (C=N–C) groups is 1. The van der Waals surface area contributed by atoms with Crippen LogP contribution in [-0.2, 0) is 20.8 Å². The summed E-state index contributed by atoms with van der Waals surface area (Å²) in [4.78, 5) is 6.68. The molecule has 0 bridgehead atoms. The molecule has 0 saturated carbocycles. The van der Waals surface area contributed by atoms with Crippen molar-refractivity contribution in [2.45, 2.75) is 13.0 Å². The van der Waals surface area contributed by atoms with Crippen LogP contribution in [0.15, 0.2) is 29.3 Å². The van der Waals surface area contributed by atoms with Crippen LogP contribution in [0.25, 0.3) is 0 Å². The van der Waals surface area contributed by atoms with Gasteiger partial charge in [-0.1, -0.05) is 18.2 Å². The first kappa shape index (κ1) is 23.9. The van der Waals surface area contributed by atoms with E-state index in [4.69, 9.17) is 14.2 Å². The van der Waals surface area contributed by atoms with E-state index < -0.39 is 0 Å². The van der Waals surface area contributed by atoms with E-state index in [1.807, 2.05) is 0 Å². The molecule has 1 aromatic rings. The first-order valence-corrected chi connectivity index (χ1v) is 9.27. The van der Waals surface area contributed by atoms with Crippen molar-refractivity contribution >= 4 is 35.6 Å². The molecule has 1 aromatic carbocycles. The molecule has 154 valence electrons. The molecule has 0 aromatic heterocycles. The lowest BCUT2D eigenvalue weighted by atomic mass is 10.1.